The number of hydrogen-bond donors (Lipinski definition) is 2. The largest absolute Gasteiger partial charge is 0.432 e. The molecule has 0 saturated heterocycles. The van der Waals surface area contributed by atoms with Crippen LogP contribution in [0.3, 0.4) is 0 Å². The predicted molar refractivity (Wildman–Crippen MR) is 29.4 cm³/mol. The second-order valence-corrected chi connectivity index (χ2v) is 0.989. The third kappa shape index (κ3) is 32.6. The Morgan fingerprint density at radius 2 is 1.89 bits per heavy atom. The molecule has 0 aliphatic carbocycles. The molecule has 53 valence electrons. The standard InChI is InChI=1S/C5H7O.H2O2.V/c1-3-4-5(2)6;1-2;/h3H,1-2H3;1-2H;/q-1;;. The summed E-state index contributed by atoms with van der Waals surface area (Å²) in [5.74, 6) is -0.0162. The van der Waals surface area contributed by atoms with E-state index in [9.17, 15) is 4.79 Å². The number of carbonyl (C=O) groups is 1. The summed E-state index contributed by atoms with van der Waals surface area (Å²) in [6.07, 6.45) is 4.04. The molecule has 0 aliphatic heterocycles. The van der Waals surface area contributed by atoms with Crippen LogP contribution in [0.15, 0.2) is 6.08 Å². The Bertz CT molecular complexity index is 80.3. The fourth-order valence-corrected chi connectivity index (χ4v) is 0.203. The Labute approximate surface area is 66.2 Å². The molecule has 0 amide bonds. The maximum atomic E-state index is 9.90. The predicted octanol–water partition coefficient (Wildman–Crippen LogP) is 0.970. The number of carbonyl (C=O) groups excluding carboxylic acids is 1. The van der Waals surface area contributed by atoms with Gasteiger partial charge in [-0.25, -0.2) is 0 Å². The minimum Gasteiger partial charge on any atom is -0.432 e. The van der Waals surface area contributed by atoms with Crippen LogP contribution in [-0.4, -0.2) is 16.3 Å². The van der Waals surface area contributed by atoms with E-state index in [2.05, 4.69) is 6.08 Å². The van der Waals surface area contributed by atoms with Gasteiger partial charge in [-0.1, -0.05) is 6.92 Å². The minimum absolute atomic E-state index is 0. The molecule has 0 rings (SSSR count). The van der Waals surface area contributed by atoms with Crippen molar-refractivity contribution < 1.29 is 33.9 Å². The molecule has 0 aromatic carbocycles. The first kappa shape index (κ1) is 16.0. The van der Waals surface area contributed by atoms with E-state index in [-0.39, 0.29) is 24.3 Å². The quantitative estimate of drug-likeness (QED) is 0.265. The van der Waals surface area contributed by atoms with Crippen LogP contribution in [0, 0.1) is 6.08 Å². The first-order valence-electron chi connectivity index (χ1n) is 2.02. The van der Waals surface area contributed by atoms with E-state index in [1.165, 1.54) is 6.92 Å². The van der Waals surface area contributed by atoms with Gasteiger partial charge in [0.05, 0.1) is 0 Å². The van der Waals surface area contributed by atoms with E-state index in [4.69, 9.17) is 10.5 Å². The Hall–Kier alpha value is -0.0856. The van der Waals surface area contributed by atoms with Gasteiger partial charge >= 0.3 is 0 Å². The number of hydrogen-bond acceptors (Lipinski definition) is 3. The molecule has 1 radical (unpaired) electrons. The van der Waals surface area contributed by atoms with E-state index >= 15 is 0 Å². The van der Waals surface area contributed by atoms with Crippen molar-refractivity contribution in [2.24, 2.45) is 0 Å². The summed E-state index contributed by atoms with van der Waals surface area (Å²) >= 11 is 0. The van der Waals surface area contributed by atoms with E-state index in [1.807, 2.05) is 0 Å². The van der Waals surface area contributed by atoms with Crippen LogP contribution in [0.5, 0.6) is 0 Å². The fraction of sp³-hybridized carbons (Fsp3) is 0.400. The van der Waals surface area contributed by atoms with Crippen molar-refractivity contribution in [3.8, 4) is 0 Å². The van der Waals surface area contributed by atoms with Crippen molar-refractivity contribution in [1.29, 1.82) is 0 Å². The summed E-state index contributed by atoms with van der Waals surface area (Å²) in [6.45, 7) is 3.24. The van der Waals surface area contributed by atoms with Crippen molar-refractivity contribution in [3.63, 3.8) is 0 Å². The second kappa shape index (κ2) is 15.7. The molecule has 0 fully saturated rings. The van der Waals surface area contributed by atoms with Gasteiger partial charge in [-0.2, -0.15) is 0 Å². The zero-order valence-electron chi connectivity index (χ0n) is 5.33. The van der Waals surface area contributed by atoms with Crippen LogP contribution in [0.4, 0.5) is 0 Å². The van der Waals surface area contributed by atoms with Gasteiger partial charge in [0.2, 0.25) is 0 Å². The maximum absolute atomic E-state index is 9.90. The molecule has 0 aromatic heterocycles. The smallest absolute Gasteiger partial charge is 0 e. The zero-order chi connectivity index (χ0) is 6.99. The third-order valence-corrected chi connectivity index (χ3v) is 0.348. The molecule has 0 saturated carbocycles. The first-order valence-corrected chi connectivity index (χ1v) is 2.02. The van der Waals surface area contributed by atoms with Gasteiger partial charge in [0.25, 0.3) is 0 Å². The third-order valence-electron chi connectivity index (χ3n) is 0.348. The van der Waals surface area contributed by atoms with Gasteiger partial charge in [0.15, 0.2) is 0 Å². The number of allylic oxidation sites excluding steroid dienone is 2. The van der Waals surface area contributed by atoms with Gasteiger partial charge in [-0.3, -0.25) is 16.6 Å². The summed E-state index contributed by atoms with van der Waals surface area (Å²) in [5.41, 5.74) is 0. The average Bonchev–Trinajstić information content (AvgIpc) is 1.72. The summed E-state index contributed by atoms with van der Waals surface area (Å²) < 4.78 is 0. The normalized spacial score (nSPS) is 7.11. The van der Waals surface area contributed by atoms with Gasteiger partial charge < -0.3 is 10.9 Å². The zero-order valence-corrected chi connectivity index (χ0v) is 6.72. The van der Waals surface area contributed by atoms with Crippen molar-refractivity contribution >= 4 is 5.78 Å². The Kier molecular flexibility index (Phi) is 27.8. The monoisotopic (exact) mass is 168 g/mol. The van der Waals surface area contributed by atoms with E-state index in [0.717, 1.165) is 0 Å². The number of Topliss-reactive ketones (excluding diaryl/α,β-unsaturated/α-hetero) is 1. The molecule has 0 aromatic rings. The number of ketones is 1. The maximum Gasteiger partial charge on any atom is 0 e. The molecule has 0 atom stereocenters. The molecule has 0 aliphatic rings. The van der Waals surface area contributed by atoms with Gasteiger partial charge in [0.1, 0.15) is 0 Å². The van der Waals surface area contributed by atoms with Crippen LogP contribution in [0.1, 0.15) is 13.8 Å². The van der Waals surface area contributed by atoms with E-state index < -0.39 is 0 Å². The van der Waals surface area contributed by atoms with E-state index in [1.54, 1.807) is 13.0 Å². The molecule has 2 N–H and O–H groups in total. The van der Waals surface area contributed by atoms with Gasteiger partial charge in [-0.05, 0) is 12.7 Å². The number of rotatable bonds is 1. The Morgan fingerprint density at radius 1 is 1.56 bits per heavy atom. The SMILES string of the molecule is CC=[C-]C(C)=O.OO.[V]. The fourth-order valence-electron chi connectivity index (χ4n) is 0.203. The van der Waals surface area contributed by atoms with Crippen molar-refractivity contribution in [2.75, 3.05) is 0 Å². The summed E-state index contributed by atoms with van der Waals surface area (Å²) in [5, 5.41) is 12.0. The molecule has 9 heavy (non-hydrogen) atoms. The molecular weight excluding hydrogens is 159 g/mol. The molecule has 0 heterocycles. The minimum atomic E-state index is -0.0162. The average molecular weight is 168 g/mol. The Balaban J connectivity index is -0.000000109. The van der Waals surface area contributed by atoms with Crippen LogP contribution in [-0.2, 0) is 23.4 Å². The molecule has 0 spiro atoms. The topological polar surface area (TPSA) is 57.5 Å². The second-order valence-electron chi connectivity index (χ2n) is 0.989. The summed E-state index contributed by atoms with van der Waals surface area (Å²) in [4.78, 5) is 9.90. The summed E-state index contributed by atoms with van der Waals surface area (Å²) in [6, 6.07) is 0. The molecule has 0 unspecified atom stereocenters. The molecule has 4 heteroatoms. The molecule has 3 nitrogen and oxygen atoms in total. The van der Waals surface area contributed by atoms with Crippen molar-refractivity contribution in [2.45, 2.75) is 13.8 Å². The van der Waals surface area contributed by atoms with Gasteiger partial charge in [-0.15, -0.1) is 0 Å². The molecule has 0 bridgehead atoms. The molecular formula is C5H9O3V-. The Morgan fingerprint density at radius 3 is 1.89 bits per heavy atom. The van der Waals surface area contributed by atoms with Crippen molar-refractivity contribution in [1.82, 2.24) is 0 Å². The van der Waals surface area contributed by atoms with Gasteiger partial charge in [0, 0.05) is 18.6 Å². The van der Waals surface area contributed by atoms with Crippen molar-refractivity contribution in [3.05, 3.63) is 12.2 Å². The first-order chi connectivity index (χ1) is 3.77. The van der Waals surface area contributed by atoms with Crippen LogP contribution < -0.4 is 0 Å². The van der Waals surface area contributed by atoms with Crippen LogP contribution >= 0.6 is 0 Å². The van der Waals surface area contributed by atoms with Crippen LogP contribution in [0.25, 0.3) is 0 Å². The van der Waals surface area contributed by atoms with Crippen LogP contribution in [0.2, 0.25) is 0 Å². The summed E-state index contributed by atoms with van der Waals surface area (Å²) in [7, 11) is 0. The van der Waals surface area contributed by atoms with E-state index in [0.29, 0.717) is 0 Å².